The maximum Gasteiger partial charge on any atom is 0.320 e. The van der Waals surface area contributed by atoms with Crippen molar-refractivity contribution in [2.45, 2.75) is 45.1 Å². The molecule has 1 aromatic carbocycles. The van der Waals surface area contributed by atoms with Crippen molar-refractivity contribution in [3.8, 4) is 5.75 Å². The average molecular weight is 277 g/mol. The molecule has 0 radical (unpaired) electrons. The zero-order valence-corrected chi connectivity index (χ0v) is 12.0. The van der Waals surface area contributed by atoms with Crippen LogP contribution in [0.3, 0.4) is 0 Å². The highest BCUT2D eigenvalue weighted by Gasteiger charge is 2.15. The number of fused-ring (bicyclic) bond motifs is 1. The maximum absolute atomic E-state index is 11.0. The van der Waals surface area contributed by atoms with Gasteiger partial charge in [-0.3, -0.25) is 4.79 Å². The quantitative estimate of drug-likeness (QED) is 0.716. The van der Waals surface area contributed by atoms with Crippen molar-refractivity contribution in [3.05, 3.63) is 29.3 Å². The number of ether oxygens (including phenoxy) is 1. The van der Waals surface area contributed by atoms with Gasteiger partial charge in [0.15, 0.2) is 0 Å². The smallest absolute Gasteiger partial charge is 0.320 e. The SMILES string of the molecule is CCCC(NCCCc1ccc2c(c1)CCO2)C(=O)O. The molecule has 0 bridgehead atoms. The molecule has 4 nitrogen and oxygen atoms in total. The first-order valence-electron chi connectivity index (χ1n) is 7.41. The number of carbonyl (C=O) groups is 1. The first kappa shape index (κ1) is 14.9. The molecule has 0 spiro atoms. The fraction of sp³-hybridized carbons (Fsp3) is 0.562. The lowest BCUT2D eigenvalue weighted by atomic mass is 10.0. The van der Waals surface area contributed by atoms with Gasteiger partial charge in [-0.15, -0.1) is 0 Å². The topological polar surface area (TPSA) is 58.6 Å². The van der Waals surface area contributed by atoms with Gasteiger partial charge in [0.2, 0.25) is 0 Å². The van der Waals surface area contributed by atoms with Crippen LogP contribution >= 0.6 is 0 Å². The summed E-state index contributed by atoms with van der Waals surface area (Å²) in [6.07, 6.45) is 4.49. The summed E-state index contributed by atoms with van der Waals surface area (Å²) < 4.78 is 5.49. The van der Waals surface area contributed by atoms with Crippen molar-refractivity contribution in [2.75, 3.05) is 13.2 Å². The van der Waals surface area contributed by atoms with Crippen LogP contribution in [0.4, 0.5) is 0 Å². The van der Waals surface area contributed by atoms with Gasteiger partial charge in [-0.25, -0.2) is 0 Å². The highest BCUT2D eigenvalue weighted by molar-refractivity contribution is 5.73. The Hall–Kier alpha value is -1.55. The van der Waals surface area contributed by atoms with Crippen molar-refractivity contribution in [1.82, 2.24) is 5.32 Å². The number of aryl methyl sites for hydroxylation is 1. The molecule has 20 heavy (non-hydrogen) atoms. The van der Waals surface area contributed by atoms with Gasteiger partial charge in [-0.05, 0) is 43.0 Å². The third kappa shape index (κ3) is 3.97. The molecule has 0 amide bonds. The number of hydrogen-bond donors (Lipinski definition) is 2. The molecule has 110 valence electrons. The van der Waals surface area contributed by atoms with Gasteiger partial charge in [0, 0.05) is 6.42 Å². The van der Waals surface area contributed by atoms with Crippen LogP contribution in [-0.2, 0) is 17.6 Å². The minimum absolute atomic E-state index is 0.409. The summed E-state index contributed by atoms with van der Waals surface area (Å²) in [6, 6.07) is 5.95. The molecule has 1 aliphatic rings. The van der Waals surface area contributed by atoms with Gasteiger partial charge < -0.3 is 15.2 Å². The summed E-state index contributed by atoms with van der Waals surface area (Å²) in [7, 11) is 0. The molecule has 0 fully saturated rings. The Labute approximate surface area is 120 Å². The molecule has 0 saturated carbocycles. The van der Waals surface area contributed by atoms with Gasteiger partial charge in [0.1, 0.15) is 11.8 Å². The summed E-state index contributed by atoms with van der Waals surface area (Å²) in [5, 5.41) is 12.2. The normalized spacial score (nSPS) is 14.7. The number of rotatable bonds is 8. The van der Waals surface area contributed by atoms with Gasteiger partial charge in [0.05, 0.1) is 6.61 Å². The van der Waals surface area contributed by atoms with Crippen molar-refractivity contribution in [3.63, 3.8) is 0 Å². The highest BCUT2D eigenvalue weighted by atomic mass is 16.5. The third-order valence-corrected chi connectivity index (χ3v) is 3.66. The van der Waals surface area contributed by atoms with E-state index in [-0.39, 0.29) is 0 Å². The second-order valence-electron chi connectivity index (χ2n) is 5.28. The Morgan fingerprint density at radius 1 is 1.50 bits per heavy atom. The number of carboxylic acids is 1. The molecular formula is C16H23NO3. The Morgan fingerprint density at radius 2 is 2.35 bits per heavy atom. The summed E-state index contributed by atoms with van der Waals surface area (Å²) in [6.45, 7) is 3.53. The Balaban J connectivity index is 1.74. The zero-order valence-electron chi connectivity index (χ0n) is 12.0. The molecule has 1 aliphatic heterocycles. The van der Waals surface area contributed by atoms with Crippen LogP contribution in [0.1, 0.15) is 37.3 Å². The Bertz CT molecular complexity index is 459. The van der Waals surface area contributed by atoms with Crippen LogP contribution in [-0.4, -0.2) is 30.3 Å². The monoisotopic (exact) mass is 277 g/mol. The third-order valence-electron chi connectivity index (χ3n) is 3.66. The molecule has 0 saturated heterocycles. The largest absolute Gasteiger partial charge is 0.493 e. The minimum Gasteiger partial charge on any atom is -0.493 e. The molecular weight excluding hydrogens is 254 g/mol. The van der Waals surface area contributed by atoms with Crippen LogP contribution in [0.2, 0.25) is 0 Å². The summed E-state index contributed by atoms with van der Waals surface area (Å²) in [4.78, 5) is 11.0. The fourth-order valence-electron chi connectivity index (χ4n) is 2.57. The van der Waals surface area contributed by atoms with Crippen LogP contribution in [0.5, 0.6) is 5.75 Å². The van der Waals surface area contributed by atoms with E-state index in [0.29, 0.717) is 6.42 Å². The molecule has 4 heteroatoms. The molecule has 0 aromatic heterocycles. The second-order valence-corrected chi connectivity index (χ2v) is 5.28. The summed E-state index contributed by atoms with van der Waals surface area (Å²) >= 11 is 0. The molecule has 1 aromatic rings. The van der Waals surface area contributed by atoms with E-state index in [1.165, 1.54) is 11.1 Å². The maximum atomic E-state index is 11.0. The van der Waals surface area contributed by atoms with Crippen LogP contribution in [0.25, 0.3) is 0 Å². The Morgan fingerprint density at radius 3 is 3.10 bits per heavy atom. The molecule has 1 atom stereocenters. The van der Waals surface area contributed by atoms with Crippen LogP contribution in [0, 0.1) is 0 Å². The molecule has 0 aliphatic carbocycles. The lowest BCUT2D eigenvalue weighted by Gasteiger charge is -2.13. The van der Waals surface area contributed by atoms with Crippen molar-refractivity contribution < 1.29 is 14.6 Å². The van der Waals surface area contributed by atoms with E-state index in [2.05, 4.69) is 17.4 Å². The number of nitrogens with one attached hydrogen (secondary N) is 1. The fourth-order valence-corrected chi connectivity index (χ4v) is 2.57. The predicted molar refractivity (Wildman–Crippen MR) is 78.3 cm³/mol. The average Bonchev–Trinajstić information content (AvgIpc) is 2.89. The molecule has 1 heterocycles. The van der Waals surface area contributed by atoms with Crippen LogP contribution in [0.15, 0.2) is 18.2 Å². The second kappa shape index (κ2) is 7.29. The van der Waals surface area contributed by atoms with Crippen molar-refractivity contribution in [1.29, 1.82) is 0 Å². The lowest BCUT2D eigenvalue weighted by Crippen LogP contribution is -2.37. The van der Waals surface area contributed by atoms with Gasteiger partial charge >= 0.3 is 5.97 Å². The van der Waals surface area contributed by atoms with E-state index in [4.69, 9.17) is 9.84 Å². The summed E-state index contributed by atoms with van der Waals surface area (Å²) in [5.74, 6) is 0.266. The number of carboxylic acid groups (broad SMARTS) is 1. The first-order chi connectivity index (χ1) is 9.70. The van der Waals surface area contributed by atoms with Gasteiger partial charge in [-0.1, -0.05) is 25.5 Å². The van der Waals surface area contributed by atoms with E-state index in [1.807, 2.05) is 13.0 Å². The molecule has 1 unspecified atom stereocenters. The molecule has 2 rings (SSSR count). The van der Waals surface area contributed by atoms with Crippen molar-refractivity contribution in [2.24, 2.45) is 0 Å². The predicted octanol–water partition coefficient (Wildman–Crippen LogP) is 2.40. The number of aliphatic carboxylic acids is 1. The van der Waals surface area contributed by atoms with Gasteiger partial charge in [-0.2, -0.15) is 0 Å². The van der Waals surface area contributed by atoms with E-state index in [0.717, 1.165) is 44.6 Å². The standard InChI is InChI=1S/C16H23NO3/c1-2-4-14(16(18)19)17-9-3-5-12-6-7-15-13(11-12)8-10-20-15/h6-7,11,14,17H,2-5,8-10H2,1H3,(H,18,19). The van der Waals surface area contributed by atoms with Gasteiger partial charge in [0.25, 0.3) is 0 Å². The highest BCUT2D eigenvalue weighted by Crippen LogP contribution is 2.26. The van der Waals surface area contributed by atoms with Crippen LogP contribution < -0.4 is 10.1 Å². The Kier molecular flexibility index (Phi) is 5.41. The molecule has 2 N–H and O–H groups in total. The first-order valence-corrected chi connectivity index (χ1v) is 7.41. The lowest BCUT2D eigenvalue weighted by molar-refractivity contribution is -0.139. The van der Waals surface area contributed by atoms with E-state index in [1.54, 1.807) is 0 Å². The number of benzene rings is 1. The van der Waals surface area contributed by atoms with E-state index in [9.17, 15) is 4.79 Å². The zero-order chi connectivity index (χ0) is 14.4. The van der Waals surface area contributed by atoms with Crippen molar-refractivity contribution >= 4 is 5.97 Å². The number of hydrogen-bond acceptors (Lipinski definition) is 3. The van der Waals surface area contributed by atoms with E-state index < -0.39 is 12.0 Å². The summed E-state index contributed by atoms with van der Waals surface area (Å²) in [5.41, 5.74) is 2.60. The minimum atomic E-state index is -0.749. The van der Waals surface area contributed by atoms with E-state index >= 15 is 0 Å².